The van der Waals surface area contributed by atoms with Crippen LogP contribution in [0.1, 0.15) is 37.6 Å². The second-order valence-corrected chi connectivity index (χ2v) is 7.25. The van der Waals surface area contributed by atoms with E-state index in [0.717, 1.165) is 5.56 Å². The Morgan fingerprint density at radius 1 is 1.11 bits per heavy atom. The first kappa shape index (κ1) is 19.7. The number of hydrogen-bond acceptors (Lipinski definition) is 5. The summed E-state index contributed by atoms with van der Waals surface area (Å²) < 4.78 is 13.1. The first-order valence-corrected chi connectivity index (χ1v) is 9.70. The lowest BCUT2D eigenvalue weighted by Crippen LogP contribution is -2.25. The van der Waals surface area contributed by atoms with Gasteiger partial charge in [0.25, 0.3) is 5.91 Å². The van der Waals surface area contributed by atoms with Crippen molar-refractivity contribution in [3.63, 3.8) is 0 Å². The molecule has 0 saturated carbocycles. The van der Waals surface area contributed by atoms with E-state index >= 15 is 0 Å². The SMILES string of the molecule is Cc1ccccc1C(=O)c1cnc(NCCCNC(=O)c2cccc(F)c2)s1. The van der Waals surface area contributed by atoms with Crippen LogP contribution in [0.2, 0.25) is 0 Å². The third-order valence-electron chi connectivity index (χ3n) is 4.12. The molecule has 2 aromatic carbocycles. The molecular weight excluding hydrogens is 377 g/mol. The van der Waals surface area contributed by atoms with E-state index in [-0.39, 0.29) is 11.7 Å². The Morgan fingerprint density at radius 2 is 1.93 bits per heavy atom. The molecule has 0 saturated heterocycles. The summed E-state index contributed by atoms with van der Waals surface area (Å²) >= 11 is 1.31. The van der Waals surface area contributed by atoms with E-state index in [1.807, 2.05) is 31.2 Å². The Bertz CT molecular complexity index is 987. The van der Waals surface area contributed by atoms with E-state index in [2.05, 4.69) is 15.6 Å². The second-order valence-electron chi connectivity index (χ2n) is 6.22. The zero-order chi connectivity index (χ0) is 19.9. The maximum atomic E-state index is 13.1. The minimum atomic E-state index is -0.436. The number of ketones is 1. The Labute approximate surface area is 166 Å². The van der Waals surface area contributed by atoms with Gasteiger partial charge in [0.05, 0.1) is 11.1 Å². The molecule has 144 valence electrons. The van der Waals surface area contributed by atoms with Gasteiger partial charge in [0.1, 0.15) is 5.82 Å². The Kier molecular flexibility index (Phi) is 6.49. The zero-order valence-corrected chi connectivity index (χ0v) is 16.2. The number of rotatable bonds is 8. The average Bonchev–Trinajstić information content (AvgIpc) is 3.16. The van der Waals surface area contributed by atoms with Gasteiger partial charge < -0.3 is 10.6 Å². The fraction of sp³-hybridized carbons (Fsp3) is 0.190. The van der Waals surface area contributed by atoms with Crippen LogP contribution >= 0.6 is 11.3 Å². The number of anilines is 1. The van der Waals surface area contributed by atoms with Crippen LogP contribution in [-0.4, -0.2) is 29.8 Å². The van der Waals surface area contributed by atoms with E-state index in [4.69, 9.17) is 0 Å². The number of hydrogen-bond donors (Lipinski definition) is 2. The summed E-state index contributed by atoms with van der Waals surface area (Å²) in [6.07, 6.45) is 2.25. The molecule has 7 heteroatoms. The van der Waals surface area contributed by atoms with Crippen LogP contribution in [0.4, 0.5) is 9.52 Å². The van der Waals surface area contributed by atoms with Gasteiger partial charge >= 0.3 is 0 Å². The number of thiazole rings is 1. The van der Waals surface area contributed by atoms with E-state index in [1.54, 1.807) is 12.3 Å². The molecule has 0 bridgehead atoms. The fourth-order valence-corrected chi connectivity index (χ4v) is 3.43. The predicted molar refractivity (Wildman–Crippen MR) is 109 cm³/mol. The molecule has 0 aliphatic heterocycles. The van der Waals surface area contributed by atoms with Gasteiger partial charge in [-0.15, -0.1) is 0 Å². The number of carbonyl (C=O) groups is 2. The van der Waals surface area contributed by atoms with Gasteiger partial charge in [0, 0.05) is 24.2 Å². The molecule has 0 spiro atoms. The van der Waals surface area contributed by atoms with Crippen LogP contribution in [0.15, 0.2) is 54.7 Å². The molecule has 0 atom stereocenters. The van der Waals surface area contributed by atoms with Gasteiger partial charge in [-0.3, -0.25) is 9.59 Å². The average molecular weight is 397 g/mol. The molecule has 1 heterocycles. The zero-order valence-electron chi connectivity index (χ0n) is 15.4. The van der Waals surface area contributed by atoms with Crippen LogP contribution in [-0.2, 0) is 0 Å². The van der Waals surface area contributed by atoms with Crippen molar-refractivity contribution < 1.29 is 14.0 Å². The Morgan fingerprint density at radius 3 is 2.71 bits per heavy atom. The number of halogens is 1. The number of aromatic nitrogens is 1. The summed E-state index contributed by atoms with van der Waals surface area (Å²) in [7, 11) is 0. The Balaban J connectivity index is 1.44. The van der Waals surface area contributed by atoms with E-state index in [9.17, 15) is 14.0 Å². The first-order valence-electron chi connectivity index (χ1n) is 8.88. The van der Waals surface area contributed by atoms with Crippen LogP contribution in [0.25, 0.3) is 0 Å². The van der Waals surface area contributed by atoms with Crippen molar-refractivity contribution in [2.75, 3.05) is 18.4 Å². The number of aryl methyl sites for hydroxylation is 1. The van der Waals surface area contributed by atoms with Gasteiger partial charge in [-0.25, -0.2) is 9.37 Å². The van der Waals surface area contributed by atoms with Crippen molar-refractivity contribution in [2.24, 2.45) is 0 Å². The molecule has 5 nitrogen and oxygen atoms in total. The molecule has 28 heavy (non-hydrogen) atoms. The van der Waals surface area contributed by atoms with Gasteiger partial charge in [-0.2, -0.15) is 0 Å². The normalized spacial score (nSPS) is 10.5. The molecule has 0 fully saturated rings. The standard InChI is InChI=1S/C21H20FN3O2S/c1-14-6-2-3-9-17(14)19(26)18-13-25-21(28-18)24-11-5-10-23-20(27)15-7-4-8-16(22)12-15/h2-4,6-9,12-13H,5,10-11H2,1H3,(H,23,27)(H,24,25). The predicted octanol–water partition coefficient (Wildman–Crippen LogP) is 4.05. The highest BCUT2D eigenvalue weighted by atomic mass is 32.1. The molecule has 3 aromatic rings. The fourth-order valence-electron chi connectivity index (χ4n) is 2.64. The van der Waals surface area contributed by atoms with Crippen molar-refractivity contribution >= 4 is 28.2 Å². The minimum Gasteiger partial charge on any atom is -0.361 e. The Hall–Kier alpha value is -3.06. The van der Waals surface area contributed by atoms with Crippen LogP contribution in [0.3, 0.4) is 0 Å². The molecule has 1 amide bonds. The lowest BCUT2D eigenvalue weighted by molar-refractivity contribution is 0.0952. The lowest BCUT2D eigenvalue weighted by Gasteiger charge is -2.06. The topological polar surface area (TPSA) is 71.1 Å². The first-order chi connectivity index (χ1) is 13.5. The van der Waals surface area contributed by atoms with Crippen molar-refractivity contribution in [2.45, 2.75) is 13.3 Å². The van der Waals surface area contributed by atoms with Crippen molar-refractivity contribution in [3.8, 4) is 0 Å². The van der Waals surface area contributed by atoms with Crippen LogP contribution in [0, 0.1) is 12.7 Å². The number of nitrogens with zero attached hydrogens (tertiary/aromatic N) is 1. The highest BCUT2D eigenvalue weighted by molar-refractivity contribution is 7.17. The van der Waals surface area contributed by atoms with Crippen molar-refractivity contribution in [1.82, 2.24) is 10.3 Å². The van der Waals surface area contributed by atoms with Gasteiger partial charge in [-0.05, 0) is 37.1 Å². The number of benzene rings is 2. The third kappa shape index (κ3) is 5.01. The second kappa shape index (κ2) is 9.23. The highest BCUT2D eigenvalue weighted by Gasteiger charge is 2.14. The van der Waals surface area contributed by atoms with Crippen LogP contribution in [0.5, 0.6) is 0 Å². The quantitative estimate of drug-likeness (QED) is 0.444. The molecule has 0 radical (unpaired) electrons. The summed E-state index contributed by atoms with van der Waals surface area (Å²) in [6.45, 7) is 2.95. The smallest absolute Gasteiger partial charge is 0.251 e. The van der Waals surface area contributed by atoms with Crippen molar-refractivity contribution in [3.05, 3.63) is 82.1 Å². The molecule has 2 N–H and O–H groups in total. The molecule has 3 rings (SSSR count). The monoisotopic (exact) mass is 397 g/mol. The molecule has 0 unspecified atom stereocenters. The third-order valence-corrected chi connectivity index (χ3v) is 5.08. The summed E-state index contributed by atoms with van der Waals surface area (Å²) in [5, 5.41) is 6.56. The largest absolute Gasteiger partial charge is 0.361 e. The summed E-state index contributed by atoms with van der Waals surface area (Å²) in [6, 6.07) is 13.0. The lowest BCUT2D eigenvalue weighted by atomic mass is 10.0. The maximum absolute atomic E-state index is 13.1. The van der Waals surface area contributed by atoms with E-state index in [0.29, 0.717) is 40.6 Å². The summed E-state index contributed by atoms with van der Waals surface area (Å²) in [5.41, 5.74) is 1.91. The molecule has 0 aliphatic carbocycles. The molecular formula is C21H20FN3O2S. The summed E-state index contributed by atoms with van der Waals surface area (Å²) in [5.74, 6) is -0.778. The number of carbonyl (C=O) groups excluding carboxylic acids is 2. The van der Waals surface area contributed by atoms with E-state index < -0.39 is 5.82 Å². The summed E-state index contributed by atoms with van der Waals surface area (Å²) in [4.78, 5) is 29.3. The van der Waals surface area contributed by atoms with Gasteiger partial charge in [0.2, 0.25) is 5.78 Å². The van der Waals surface area contributed by atoms with Crippen molar-refractivity contribution in [1.29, 1.82) is 0 Å². The van der Waals surface area contributed by atoms with Gasteiger partial charge in [0.15, 0.2) is 5.13 Å². The van der Waals surface area contributed by atoms with Crippen LogP contribution < -0.4 is 10.6 Å². The van der Waals surface area contributed by atoms with E-state index in [1.165, 1.54) is 29.5 Å². The maximum Gasteiger partial charge on any atom is 0.251 e. The number of amides is 1. The van der Waals surface area contributed by atoms with Gasteiger partial charge in [-0.1, -0.05) is 41.7 Å². The molecule has 0 aliphatic rings. The highest BCUT2D eigenvalue weighted by Crippen LogP contribution is 2.22. The number of nitrogens with one attached hydrogen (secondary N) is 2. The minimum absolute atomic E-state index is 0.0361. The molecule has 1 aromatic heterocycles.